The summed E-state index contributed by atoms with van der Waals surface area (Å²) < 4.78 is 47.3. The van der Waals surface area contributed by atoms with Gasteiger partial charge < -0.3 is 20.3 Å². The standard InChI is InChI=1S/C25H23F3N6O2/c1-29-23(35)15-3-2-4-18(9-15)32-22-11-16-10-19(20(25(26,27)28)12-21(16)33-22)17-13-30-24(31-14-17)34-5-7-36-8-6-34/h2-4,9-10,12-14H,5-8,11H2,1H3,(H,29,35)(H,32,33). The van der Waals surface area contributed by atoms with Gasteiger partial charge >= 0.3 is 6.18 Å². The number of aromatic nitrogens is 2. The maximum Gasteiger partial charge on any atom is 0.417 e. The number of morpholine rings is 1. The predicted octanol–water partition coefficient (Wildman–Crippen LogP) is 4.06. The minimum absolute atomic E-state index is 0.00726. The molecule has 0 bridgehead atoms. The molecule has 8 nitrogen and oxygen atoms in total. The van der Waals surface area contributed by atoms with Crippen LogP contribution >= 0.6 is 0 Å². The van der Waals surface area contributed by atoms with E-state index in [1.54, 1.807) is 24.3 Å². The topological polar surface area (TPSA) is 91.7 Å². The quantitative estimate of drug-likeness (QED) is 0.566. The molecule has 0 saturated carbocycles. The number of amides is 1. The van der Waals surface area contributed by atoms with Gasteiger partial charge in [0.1, 0.15) is 5.84 Å². The van der Waals surface area contributed by atoms with Crippen LogP contribution in [0.3, 0.4) is 0 Å². The second-order valence-electron chi connectivity index (χ2n) is 8.42. The molecular weight excluding hydrogens is 473 g/mol. The summed E-state index contributed by atoms with van der Waals surface area (Å²) in [6.45, 7) is 2.37. The molecule has 1 amide bonds. The van der Waals surface area contributed by atoms with Gasteiger partial charge in [-0.25, -0.2) is 15.0 Å². The van der Waals surface area contributed by atoms with E-state index in [9.17, 15) is 18.0 Å². The maximum absolute atomic E-state index is 14.0. The van der Waals surface area contributed by atoms with Gasteiger partial charge in [0.25, 0.3) is 5.91 Å². The number of hydrogen-bond donors (Lipinski definition) is 2. The number of ether oxygens (including phenoxy) is 1. The summed E-state index contributed by atoms with van der Waals surface area (Å²) in [5.74, 6) is 0.713. The highest BCUT2D eigenvalue weighted by molar-refractivity contribution is 6.03. The fourth-order valence-corrected chi connectivity index (χ4v) is 4.23. The van der Waals surface area contributed by atoms with Gasteiger partial charge in [-0.05, 0) is 41.5 Å². The molecule has 2 aliphatic heterocycles. The van der Waals surface area contributed by atoms with Crippen molar-refractivity contribution in [3.63, 3.8) is 0 Å². The first-order valence-electron chi connectivity index (χ1n) is 11.4. The predicted molar refractivity (Wildman–Crippen MR) is 130 cm³/mol. The number of nitrogens with one attached hydrogen (secondary N) is 2. The lowest BCUT2D eigenvalue weighted by molar-refractivity contribution is -0.137. The Kier molecular flexibility index (Phi) is 6.31. The Morgan fingerprint density at radius 2 is 1.83 bits per heavy atom. The fourth-order valence-electron chi connectivity index (χ4n) is 4.23. The monoisotopic (exact) mass is 496 g/mol. The molecular formula is C25H23F3N6O2. The first-order chi connectivity index (χ1) is 17.3. The number of aliphatic imine (C=N–C) groups is 1. The molecule has 2 aliphatic rings. The number of hydrogen-bond acceptors (Lipinski definition) is 7. The highest BCUT2D eigenvalue weighted by Crippen LogP contribution is 2.42. The first-order valence-corrected chi connectivity index (χ1v) is 11.4. The summed E-state index contributed by atoms with van der Waals surface area (Å²) in [7, 11) is 1.54. The lowest BCUT2D eigenvalue weighted by Crippen LogP contribution is -2.37. The van der Waals surface area contributed by atoms with E-state index < -0.39 is 11.7 Å². The number of fused-ring (bicyclic) bond motifs is 1. The van der Waals surface area contributed by atoms with Gasteiger partial charge in [-0.2, -0.15) is 13.2 Å². The second kappa shape index (κ2) is 9.57. The van der Waals surface area contributed by atoms with Gasteiger partial charge in [-0.1, -0.05) is 6.07 Å². The highest BCUT2D eigenvalue weighted by atomic mass is 19.4. The number of benzene rings is 2. The largest absolute Gasteiger partial charge is 0.417 e. The molecule has 3 aromatic rings. The van der Waals surface area contributed by atoms with Crippen LogP contribution in [0.2, 0.25) is 0 Å². The van der Waals surface area contributed by atoms with Crippen LogP contribution in [0, 0.1) is 0 Å². The number of alkyl halides is 3. The van der Waals surface area contributed by atoms with Crippen molar-refractivity contribution in [2.24, 2.45) is 4.99 Å². The zero-order valence-electron chi connectivity index (χ0n) is 19.4. The Balaban J connectivity index is 1.42. The molecule has 11 heteroatoms. The van der Waals surface area contributed by atoms with Crippen LogP contribution in [0.1, 0.15) is 21.5 Å². The maximum atomic E-state index is 14.0. The van der Waals surface area contributed by atoms with E-state index in [1.807, 2.05) is 4.90 Å². The number of anilines is 2. The third kappa shape index (κ3) is 4.87. The summed E-state index contributed by atoms with van der Waals surface area (Å²) in [5, 5.41) is 5.68. The van der Waals surface area contributed by atoms with E-state index in [-0.39, 0.29) is 22.7 Å². The normalized spacial score (nSPS) is 15.3. The van der Waals surface area contributed by atoms with Crippen molar-refractivity contribution < 1.29 is 22.7 Å². The zero-order valence-corrected chi connectivity index (χ0v) is 19.4. The van der Waals surface area contributed by atoms with Crippen molar-refractivity contribution in [1.29, 1.82) is 0 Å². The SMILES string of the molecule is CNC(=O)c1cccc(NC2=Nc3cc(C(F)(F)F)c(-c4cnc(N5CCOCC5)nc4)cc3C2)c1. The third-order valence-corrected chi connectivity index (χ3v) is 6.02. The third-order valence-electron chi connectivity index (χ3n) is 6.02. The summed E-state index contributed by atoms with van der Waals surface area (Å²) >= 11 is 0. The van der Waals surface area contributed by atoms with E-state index in [1.165, 1.54) is 25.5 Å². The summed E-state index contributed by atoms with van der Waals surface area (Å²) in [6.07, 6.45) is -1.42. The Bertz CT molecular complexity index is 1320. The second-order valence-corrected chi connectivity index (χ2v) is 8.42. The van der Waals surface area contributed by atoms with Gasteiger partial charge in [0.15, 0.2) is 0 Å². The molecule has 0 atom stereocenters. The molecule has 0 radical (unpaired) electrons. The summed E-state index contributed by atoms with van der Waals surface area (Å²) in [4.78, 5) is 26.8. The van der Waals surface area contributed by atoms with Crippen LogP contribution in [0.4, 0.5) is 30.5 Å². The molecule has 3 heterocycles. The highest BCUT2D eigenvalue weighted by Gasteiger charge is 2.36. The first kappa shape index (κ1) is 23.7. The van der Waals surface area contributed by atoms with Gasteiger partial charge in [0, 0.05) is 55.8 Å². The van der Waals surface area contributed by atoms with Crippen molar-refractivity contribution in [3.05, 3.63) is 65.5 Å². The number of carbonyl (C=O) groups excluding carboxylic acids is 1. The molecule has 1 aromatic heterocycles. The Hall–Kier alpha value is -3.99. The number of carbonyl (C=O) groups is 1. The van der Waals surface area contributed by atoms with Crippen molar-refractivity contribution in [1.82, 2.24) is 15.3 Å². The van der Waals surface area contributed by atoms with E-state index in [0.29, 0.717) is 61.3 Å². The Morgan fingerprint density at radius 1 is 1.08 bits per heavy atom. The lowest BCUT2D eigenvalue weighted by Gasteiger charge is -2.26. The molecule has 2 aromatic carbocycles. The number of halogens is 3. The van der Waals surface area contributed by atoms with E-state index in [0.717, 1.165) is 6.07 Å². The Labute approximate surface area is 205 Å². The lowest BCUT2D eigenvalue weighted by atomic mass is 9.97. The van der Waals surface area contributed by atoms with Crippen molar-refractivity contribution in [2.75, 3.05) is 43.6 Å². The minimum Gasteiger partial charge on any atom is -0.378 e. The average molecular weight is 496 g/mol. The molecule has 36 heavy (non-hydrogen) atoms. The summed E-state index contributed by atoms with van der Waals surface area (Å²) in [5.41, 5.74) is 1.47. The van der Waals surface area contributed by atoms with E-state index in [2.05, 4.69) is 25.6 Å². The van der Waals surface area contributed by atoms with Crippen LogP contribution in [0.5, 0.6) is 0 Å². The van der Waals surface area contributed by atoms with Gasteiger partial charge in [-0.15, -0.1) is 0 Å². The minimum atomic E-state index is -4.58. The van der Waals surface area contributed by atoms with Gasteiger partial charge in [0.2, 0.25) is 5.95 Å². The molecule has 1 fully saturated rings. The van der Waals surface area contributed by atoms with Crippen molar-refractivity contribution in [2.45, 2.75) is 12.6 Å². The van der Waals surface area contributed by atoms with Gasteiger partial charge in [-0.3, -0.25) is 4.79 Å². The smallest absolute Gasteiger partial charge is 0.378 e. The van der Waals surface area contributed by atoms with Crippen LogP contribution in [0.15, 0.2) is 53.8 Å². The van der Waals surface area contributed by atoms with E-state index >= 15 is 0 Å². The number of amidine groups is 1. The summed E-state index contributed by atoms with van der Waals surface area (Å²) in [6, 6.07) is 9.38. The molecule has 186 valence electrons. The zero-order chi connectivity index (χ0) is 25.3. The van der Waals surface area contributed by atoms with Crippen molar-refractivity contribution in [3.8, 4) is 11.1 Å². The molecule has 2 N–H and O–H groups in total. The Morgan fingerprint density at radius 3 is 2.53 bits per heavy atom. The van der Waals surface area contributed by atoms with E-state index in [4.69, 9.17) is 4.74 Å². The fraction of sp³-hybridized carbons (Fsp3) is 0.280. The molecule has 0 aliphatic carbocycles. The van der Waals surface area contributed by atoms with Crippen LogP contribution in [-0.4, -0.2) is 55.1 Å². The van der Waals surface area contributed by atoms with Crippen LogP contribution in [-0.2, 0) is 17.3 Å². The average Bonchev–Trinajstić information content (AvgIpc) is 3.29. The van der Waals surface area contributed by atoms with Gasteiger partial charge in [0.05, 0.1) is 24.5 Å². The van der Waals surface area contributed by atoms with Crippen LogP contribution in [0.25, 0.3) is 11.1 Å². The van der Waals surface area contributed by atoms with Crippen molar-refractivity contribution >= 4 is 29.1 Å². The number of rotatable bonds is 4. The van der Waals surface area contributed by atoms with Crippen LogP contribution < -0.4 is 15.5 Å². The molecule has 5 rings (SSSR count). The molecule has 0 unspecified atom stereocenters. The number of nitrogens with zero attached hydrogens (tertiary/aromatic N) is 4. The molecule has 0 spiro atoms. The molecule has 1 saturated heterocycles.